The molecule has 6 nitrogen and oxygen atoms in total. The first-order valence-corrected chi connectivity index (χ1v) is 12.7. The number of nitrogens with zero attached hydrogens (tertiary/aromatic N) is 1. The van der Waals surface area contributed by atoms with E-state index in [1.54, 1.807) is 11.2 Å². The molecule has 0 spiro atoms. The molecule has 0 fully saturated rings. The maximum absolute atomic E-state index is 6.28. The number of hydrazine groups is 1. The number of benzene rings is 3. The summed E-state index contributed by atoms with van der Waals surface area (Å²) in [4.78, 5) is 3.31. The number of nitrogens with one attached hydrogen (secondary N) is 3. The average Bonchev–Trinajstić information content (AvgIpc) is 3.29. The van der Waals surface area contributed by atoms with Crippen LogP contribution in [0.25, 0.3) is 16.6 Å². The van der Waals surface area contributed by atoms with E-state index in [4.69, 9.17) is 35.4 Å². The predicted octanol–water partition coefficient (Wildman–Crippen LogP) is 5.42. The number of para-hydroxylation sites is 1. The van der Waals surface area contributed by atoms with Gasteiger partial charge >= 0.3 is 0 Å². The number of aromatic amines is 1. The Morgan fingerprint density at radius 3 is 2.61 bits per heavy atom. The summed E-state index contributed by atoms with van der Waals surface area (Å²) >= 11 is 11.8. The number of fused-ring (bicyclic) bond motifs is 1. The Morgan fingerprint density at radius 1 is 1.00 bits per heavy atom. The van der Waals surface area contributed by atoms with Crippen molar-refractivity contribution in [3.63, 3.8) is 0 Å². The van der Waals surface area contributed by atoms with Gasteiger partial charge in [0.05, 0.1) is 5.70 Å². The lowest BCUT2D eigenvalue weighted by Gasteiger charge is -2.17. The van der Waals surface area contributed by atoms with E-state index in [2.05, 4.69) is 40.0 Å². The highest BCUT2D eigenvalue weighted by atomic mass is 35.5. The number of aryl methyl sites for hydroxylation is 1. The molecule has 1 aromatic heterocycles. The number of aromatic nitrogens is 1. The summed E-state index contributed by atoms with van der Waals surface area (Å²) in [5.41, 5.74) is 12.2. The number of H-pyrrole nitrogens is 1. The molecule has 0 aliphatic carbocycles. The van der Waals surface area contributed by atoms with Gasteiger partial charge in [-0.05, 0) is 72.4 Å². The van der Waals surface area contributed by atoms with Crippen LogP contribution in [0.5, 0.6) is 0 Å². The van der Waals surface area contributed by atoms with Gasteiger partial charge in [-0.15, -0.1) is 0 Å². The van der Waals surface area contributed by atoms with E-state index in [1.807, 2.05) is 54.6 Å². The smallest absolute Gasteiger partial charge is 0.170 e. The van der Waals surface area contributed by atoms with E-state index in [0.717, 1.165) is 48.1 Å². The number of rotatable bonds is 10. The molecule has 0 aliphatic heterocycles. The van der Waals surface area contributed by atoms with Gasteiger partial charge in [-0.25, -0.2) is 5.84 Å². The molecule has 1 heterocycles. The van der Waals surface area contributed by atoms with E-state index in [-0.39, 0.29) is 0 Å². The minimum Gasteiger partial charge on any atom is -0.397 e. The van der Waals surface area contributed by atoms with Gasteiger partial charge in [0.2, 0.25) is 0 Å². The Balaban J connectivity index is 1.28. The Labute approximate surface area is 222 Å². The van der Waals surface area contributed by atoms with E-state index in [9.17, 15) is 0 Å². The van der Waals surface area contributed by atoms with Crippen LogP contribution >= 0.6 is 23.8 Å². The van der Waals surface area contributed by atoms with E-state index in [1.165, 1.54) is 10.9 Å². The summed E-state index contributed by atoms with van der Waals surface area (Å²) in [5.74, 6) is 6.16. The molecule has 4 rings (SSSR count). The monoisotopic (exact) mass is 518 g/mol. The fourth-order valence-corrected chi connectivity index (χ4v) is 4.51. The summed E-state index contributed by atoms with van der Waals surface area (Å²) < 4.78 is 0. The van der Waals surface area contributed by atoms with Gasteiger partial charge in [-0.3, -0.25) is 0 Å². The first-order chi connectivity index (χ1) is 17.5. The molecule has 0 amide bonds. The van der Waals surface area contributed by atoms with Gasteiger partial charge in [0.25, 0.3) is 0 Å². The van der Waals surface area contributed by atoms with E-state index < -0.39 is 0 Å². The quantitative estimate of drug-likeness (QED) is 0.109. The lowest BCUT2D eigenvalue weighted by Crippen LogP contribution is -2.30. The van der Waals surface area contributed by atoms with Crippen molar-refractivity contribution in [1.29, 1.82) is 0 Å². The van der Waals surface area contributed by atoms with Crippen molar-refractivity contribution in [2.45, 2.75) is 19.3 Å². The maximum Gasteiger partial charge on any atom is 0.170 e. The number of hydrogen-bond donors (Lipinski definition) is 5. The Kier molecular flexibility index (Phi) is 8.84. The molecule has 8 heteroatoms. The van der Waals surface area contributed by atoms with Crippen LogP contribution in [-0.2, 0) is 12.8 Å². The molecular weight excluding hydrogens is 488 g/mol. The molecule has 0 atom stereocenters. The third-order valence-electron chi connectivity index (χ3n) is 5.94. The second-order valence-electron chi connectivity index (χ2n) is 8.58. The van der Waals surface area contributed by atoms with Gasteiger partial charge in [0.15, 0.2) is 5.11 Å². The summed E-state index contributed by atoms with van der Waals surface area (Å²) in [7, 11) is 0. The van der Waals surface area contributed by atoms with Gasteiger partial charge in [-0.1, -0.05) is 60.1 Å². The number of nitrogens with two attached hydrogens (primary N) is 2. The Morgan fingerprint density at radius 2 is 1.78 bits per heavy atom. The highest BCUT2D eigenvalue weighted by molar-refractivity contribution is 7.80. The standard InChI is InChI=1S/C28H31ClN6S/c29-23-12-13-26(34-28(36)32-15-14-22-18-33-27-11-5-4-10-24(22)27)21(17-23)9-6-16-35(31)19-25(30)20-7-2-1-3-8-20/h1-5,7-8,10-13,17-19,33H,6,9,14-16,30-31H2,(H2,32,34,36)/b25-19-. The van der Waals surface area contributed by atoms with Gasteiger partial charge in [-0.2, -0.15) is 0 Å². The predicted molar refractivity (Wildman–Crippen MR) is 155 cm³/mol. The molecule has 0 unspecified atom stereocenters. The Bertz CT molecular complexity index is 1330. The minimum atomic E-state index is 0.581. The zero-order valence-corrected chi connectivity index (χ0v) is 21.6. The van der Waals surface area contributed by atoms with Crippen molar-refractivity contribution in [2.75, 3.05) is 18.4 Å². The minimum absolute atomic E-state index is 0.581. The SMILES string of the molecule is N/C(=C\N(N)CCCc1cc(Cl)ccc1NC(=S)NCCc1c[nH]c2ccccc12)c1ccccc1. The Hall–Kier alpha value is -3.52. The molecule has 186 valence electrons. The average molecular weight is 519 g/mol. The van der Waals surface area contributed by atoms with Crippen molar-refractivity contribution >= 4 is 51.2 Å². The summed E-state index contributed by atoms with van der Waals surface area (Å²) in [5, 5.41) is 10.8. The highest BCUT2D eigenvalue weighted by Crippen LogP contribution is 2.23. The van der Waals surface area contributed by atoms with E-state index >= 15 is 0 Å². The molecule has 7 N–H and O–H groups in total. The summed E-state index contributed by atoms with van der Waals surface area (Å²) in [6, 6.07) is 23.9. The summed E-state index contributed by atoms with van der Waals surface area (Å²) in [6.07, 6.45) is 6.30. The van der Waals surface area contributed by atoms with Crippen molar-refractivity contribution in [3.05, 3.63) is 107 Å². The van der Waals surface area contributed by atoms with Crippen LogP contribution in [0.2, 0.25) is 5.02 Å². The number of anilines is 1. The number of thiocarbonyl (C=S) groups is 1. The van der Waals surface area contributed by atoms with Crippen LogP contribution in [0.15, 0.2) is 85.2 Å². The molecule has 0 radical (unpaired) electrons. The molecular formula is C28H31ClN6S. The van der Waals surface area contributed by atoms with E-state index in [0.29, 0.717) is 22.4 Å². The molecule has 0 bridgehead atoms. The first kappa shape index (κ1) is 25.6. The van der Waals surface area contributed by atoms with Crippen LogP contribution in [-0.4, -0.2) is 28.2 Å². The molecule has 4 aromatic rings. The van der Waals surface area contributed by atoms with Crippen molar-refractivity contribution in [2.24, 2.45) is 11.6 Å². The third-order valence-corrected chi connectivity index (χ3v) is 6.43. The summed E-state index contributed by atoms with van der Waals surface area (Å²) in [6.45, 7) is 1.38. The largest absolute Gasteiger partial charge is 0.397 e. The lowest BCUT2D eigenvalue weighted by atomic mass is 10.1. The normalized spacial score (nSPS) is 11.4. The van der Waals surface area contributed by atoms with Gasteiger partial charge in [0, 0.05) is 47.1 Å². The molecule has 0 saturated heterocycles. The fraction of sp³-hybridized carbons (Fsp3) is 0.179. The molecule has 0 aliphatic rings. The van der Waals surface area contributed by atoms with Gasteiger partial charge < -0.3 is 26.4 Å². The van der Waals surface area contributed by atoms with Crippen molar-refractivity contribution in [3.8, 4) is 0 Å². The fourth-order valence-electron chi connectivity index (χ4n) is 4.11. The van der Waals surface area contributed by atoms with Crippen molar-refractivity contribution < 1.29 is 0 Å². The van der Waals surface area contributed by atoms with Crippen LogP contribution < -0.4 is 22.2 Å². The van der Waals surface area contributed by atoms with Crippen LogP contribution in [0.1, 0.15) is 23.1 Å². The maximum atomic E-state index is 6.28. The van der Waals surface area contributed by atoms with Crippen LogP contribution in [0, 0.1) is 0 Å². The zero-order chi connectivity index (χ0) is 25.3. The second-order valence-corrected chi connectivity index (χ2v) is 9.43. The molecule has 0 saturated carbocycles. The highest BCUT2D eigenvalue weighted by Gasteiger charge is 2.08. The topological polar surface area (TPSA) is 95.1 Å². The first-order valence-electron chi connectivity index (χ1n) is 11.9. The van der Waals surface area contributed by atoms with Crippen LogP contribution in [0.4, 0.5) is 5.69 Å². The third kappa shape index (κ3) is 7.01. The number of hydrogen-bond acceptors (Lipinski definition) is 4. The van der Waals surface area contributed by atoms with Crippen molar-refractivity contribution in [1.82, 2.24) is 15.3 Å². The molecule has 36 heavy (non-hydrogen) atoms. The zero-order valence-electron chi connectivity index (χ0n) is 20.0. The van der Waals surface area contributed by atoms with Crippen LogP contribution in [0.3, 0.4) is 0 Å². The lowest BCUT2D eigenvalue weighted by molar-refractivity contribution is 0.387. The molecule has 3 aromatic carbocycles. The second kappa shape index (κ2) is 12.4. The van der Waals surface area contributed by atoms with Gasteiger partial charge in [0.1, 0.15) is 0 Å². The number of halogens is 1.